The lowest BCUT2D eigenvalue weighted by Crippen LogP contribution is -2.58. The van der Waals surface area contributed by atoms with Crippen LogP contribution < -0.4 is 21.7 Å². The second-order valence-corrected chi connectivity index (χ2v) is 7.42. The molecule has 14 nitrogen and oxygen atoms in total. The number of H-pyrrole nitrogens is 2. The van der Waals surface area contributed by atoms with E-state index in [2.05, 4.69) is 48.5 Å². The van der Waals surface area contributed by atoms with Crippen LogP contribution in [0, 0.1) is 0 Å². The van der Waals surface area contributed by atoms with Crippen LogP contribution in [0.3, 0.4) is 0 Å². The van der Waals surface area contributed by atoms with Crippen molar-refractivity contribution < 1.29 is 29.4 Å². The van der Waals surface area contributed by atoms with E-state index in [0.717, 1.165) is 0 Å². The van der Waals surface area contributed by atoms with Gasteiger partial charge in [0, 0.05) is 42.4 Å². The Hall–Kier alpha value is -3.43. The summed E-state index contributed by atoms with van der Waals surface area (Å²) in [6.45, 7) is -0.626. The summed E-state index contributed by atoms with van der Waals surface area (Å²) < 4.78 is 0. The Morgan fingerprint density at radius 3 is 1.85 bits per heavy atom. The van der Waals surface area contributed by atoms with Gasteiger partial charge in [0.15, 0.2) is 0 Å². The number of carboxylic acid groups (broad SMARTS) is 1. The van der Waals surface area contributed by atoms with Gasteiger partial charge in [-0.15, -0.1) is 0 Å². The number of imidazole rings is 2. The summed E-state index contributed by atoms with van der Waals surface area (Å²) in [4.78, 5) is 62.4. The van der Waals surface area contributed by atoms with Gasteiger partial charge in [-0.1, -0.05) is 0 Å². The van der Waals surface area contributed by atoms with Gasteiger partial charge < -0.3 is 41.9 Å². The van der Waals surface area contributed by atoms with E-state index in [-0.39, 0.29) is 18.6 Å². The predicted octanol–water partition coefficient (Wildman–Crippen LogP) is -3.29. The van der Waals surface area contributed by atoms with Gasteiger partial charge in [-0.25, -0.2) is 14.8 Å². The average molecular weight is 483 g/mol. The summed E-state index contributed by atoms with van der Waals surface area (Å²) in [6.07, 6.45) is 5.60. The molecule has 180 valence electrons. The van der Waals surface area contributed by atoms with Gasteiger partial charge in [-0.2, -0.15) is 12.6 Å². The first-order valence-corrected chi connectivity index (χ1v) is 10.4. The summed E-state index contributed by atoms with van der Waals surface area (Å²) in [5, 5.41) is 25.7. The number of hydrogen-bond donors (Lipinski definition) is 9. The van der Waals surface area contributed by atoms with Gasteiger partial charge in [-0.05, 0) is 0 Å². The number of carbonyl (C=O) groups is 4. The van der Waals surface area contributed by atoms with E-state index in [1.807, 2.05) is 0 Å². The van der Waals surface area contributed by atoms with Crippen LogP contribution in [0.1, 0.15) is 11.4 Å². The SMILES string of the molecule is NC(CO)C(=O)NC(Cc1cnc[nH]1)C(=O)NC(CS)C(=O)NC(Cc1cnc[nH]1)C(=O)O. The number of nitrogens with one attached hydrogen (secondary N) is 5. The smallest absolute Gasteiger partial charge is 0.326 e. The molecule has 3 amide bonds. The first kappa shape index (κ1) is 25.8. The second kappa shape index (κ2) is 12.6. The molecular formula is C18H26N8O6S. The lowest BCUT2D eigenvalue weighted by atomic mass is 10.1. The summed E-state index contributed by atoms with van der Waals surface area (Å²) in [5.74, 6) is -3.70. The van der Waals surface area contributed by atoms with Gasteiger partial charge in [0.25, 0.3) is 0 Å². The molecule has 0 aliphatic heterocycles. The Morgan fingerprint density at radius 2 is 1.39 bits per heavy atom. The zero-order valence-corrected chi connectivity index (χ0v) is 18.3. The van der Waals surface area contributed by atoms with Crippen LogP contribution in [-0.2, 0) is 32.0 Å². The van der Waals surface area contributed by atoms with E-state index in [0.29, 0.717) is 11.4 Å². The number of thiol groups is 1. The van der Waals surface area contributed by atoms with E-state index in [1.54, 1.807) is 0 Å². The van der Waals surface area contributed by atoms with Crippen molar-refractivity contribution in [3.8, 4) is 0 Å². The van der Waals surface area contributed by atoms with Crippen molar-refractivity contribution in [3.63, 3.8) is 0 Å². The predicted molar refractivity (Wildman–Crippen MR) is 117 cm³/mol. The van der Waals surface area contributed by atoms with Crippen molar-refractivity contribution in [1.29, 1.82) is 0 Å². The van der Waals surface area contributed by atoms with Crippen LogP contribution in [0.2, 0.25) is 0 Å². The number of aromatic amines is 2. The minimum Gasteiger partial charge on any atom is -0.480 e. The molecule has 4 atom stereocenters. The minimum absolute atomic E-state index is 0.00575. The number of carbonyl (C=O) groups excluding carboxylic acids is 3. The van der Waals surface area contributed by atoms with Gasteiger partial charge in [-0.3, -0.25) is 14.4 Å². The van der Waals surface area contributed by atoms with Crippen molar-refractivity contribution in [1.82, 2.24) is 35.9 Å². The third kappa shape index (κ3) is 7.89. The highest BCUT2D eigenvalue weighted by Crippen LogP contribution is 2.03. The van der Waals surface area contributed by atoms with Crippen molar-refractivity contribution in [3.05, 3.63) is 36.4 Å². The molecule has 0 aliphatic rings. The van der Waals surface area contributed by atoms with E-state index < -0.39 is 54.5 Å². The van der Waals surface area contributed by atoms with E-state index >= 15 is 0 Å². The topological polar surface area (TPSA) is 228 Å². The Labute approximate surface area is 193 Å². The standard InChI is InChI=1S/C18H26N8O6S/c19-11(5-27)15(28)24-12(1-9-3-20-7-22-9)16(29)26-14(6-33)17(30)25-13(18(31)32)2-10-4-21-8-23-10/h3-4,7-8,11-14,27,33H,1-2,5-6,19H2,(H,20,22)(H,21,23)(H,24,28)(H,25,30)(H,26,29)(H,31,32). The molecule has 4 unspecified atom stereocenters. The second-order valence-electron chi connectivity index (χ2n) is 7.06. The number of hydrogen-bond acceptors (Lipinski definition) is 9. The van der Waals surface area contributed by atoms with Crippen LogP contribution in [-0.4, -0.2) is 90.4 Å². The van der Waals surface area contributed by atoms with Gasteiger partial charge in [0.2, 0.25) is 17.7 Å². The largest absolute Gasteiger partial charge is 0.480 e. The molecule has 2 rings (SSSR count). The maximum absolute atomic E-state index is 12.9. The van der Waals surface area contributed by atoms with Crippen molar-refractivity contribution in [2.24, 2.45) is 5.73 Å². The number of carboxylic acids is 1. The van der Waals surface area contributed by atoms with Gasteiger partial charge in [0.1, 0.15) is 24.2 Å². The lowest BCUT2D eigenvalue weighted by Gasteiger charge is -2.24. The molecule has 9 N–H and O–H groups in total. The highest BCUT2D eigenvalue weighted by molar-refractivity contribution is 7.80. The monoisotopic (exact) mass is 482 g/mol. The Kier molecular flexibility index (Phi) is 9.84. The zero-order valence-electron chi connectivity index (χ0n) is 17.4. The molecule has 0 radical (unpaired) electrons. The van der Waals surface area contributed by atoms with E-state index in [1.165, 1.54) is 25.0 Å². The molecule has 0 fully saturated rings. The Morgan fingerprint density at radius 1 is 0.909 bits per heavy atom. The third-order valence-electron chi connectivity index (χ3n) is 4.55. The van der Waals surface area contributed by atoms with E-state index in [9.17, 15) is 24.3 Å². The van der Waals surface area contributed by atoms with Crippen molar-refractivity contribution >= 4 is 36.3 Å². The van der Waals surface area contributed by atoms with Crippen LogP contribution in [0.25, 0.3) is 0 Å². The number of aromatic nitrogens is 4. The number of nitrogens with two attached hydrogens (primary N) is 1. The van der Waals surface area contributed by atoms with Crippen molar-refractivity contribution in [2.45, 2.75) is 37.0 Å². The average Bonchev–Trinajstić information content (AvgIpc) is 3.49. The highest BCUT2D eigenvalue weighted by atomic mass is 32.1. The molecule has 0 bridgehead atoms. The molecule has 2 aromatic rings. The van der Waals surface area contributed by atoms with Crippen LogP contribution in [0.5, 0.6) is 0 Å². The van der Waals surface area contributed by atoms with Crippen molar-refractivity contribution in [2.75, 3.05) is 12.4 Å². The zero-order chi connectivity index (χ0) is 24.4. The molecule has 33 heavy (non-hydrogen) atoms. The number of amides is 3. The molecule has 2 aromatic heterocycles. The first-order chi connectivity index (χ1) is 15.7. The number of aliphatic hydroxyl groups is 1. The molecule has 0 aromatic carbocycles. The maximum Gasteiger partial charge on any atom is 0.326 e. The fourth-order valence-corrected chi connectivity index (χ4v) is 3.00. The molecule has 0 saturated carbocycles. The Balaban J connectivity index is 2.07. The normalized spacial score (nSPS) is 14.5. The molecule has 0 aliphatic carbocycles. The minimum atomic E-state index is -1.28. The third-order valence-corrected chi connectivity index (χ3v) is 4.92. The van der Waals surface area contributed by atoms with Crippen LogP contribution >= 0.6 is 12.6 Å². The number of aliphatic carboxylic acids is 1. The molecule has 2 heterocycles. The Bertz CT molecular complexity index is 923. The van der Waals surface area contributed by atoms with Gasteiger partial charge >= 0.3 is 5.97 Å². The highest BCUT2D eigenvalue weighted by Gasteiger charge is 2.30. The van der Waals surface area contributed by atoms with Gasteiger partial charge in [0.05, 0.1) is 19.3 Å². The number of nitrogens with zero attached hydrogens (tertiary/aromatic N) is 2. The quantitative estimate of drug-likeness (QED) is 0.130. The first-order valence-electron chi connectivity index (χ1n) is 9.80. The molecule has 0 spiro atoms. The van der Waals surface area contributed by atoms with E-state index in [4.69, 9.17) is 10.8 Å². The maximum atomic E-state index is 12.9. The number of aliphatic hydroxyl groups excluding tert-OH is 1. The summed E-state index contributed by atoms with van der Waals surface area (Å²) in [6, 6.07) is -4.88. The summed E-state index contributed by atoms with van der Waals surface area (Å²) >= 11 is 4.07. The van der Waals surface area contributed by atoms with Crippen LogP contribution in [0.15, 0.2) is 25.0 Å². The fourth-order valence-electron chi connectivity index (χ4n) is 2.74. The lowest BCUT2D eigenvalue weighted by molar-refractivity contribution is -0.142. The summed E-state index contributed by atoms with van der Waals surface area (Å²) in [5.41, 5.74) is 6.52. The molecule has 15 heteroatoms. The van der Waals surface area contributed by atoms with Crippen LogP contribution in [0.4, 0.5) is 0 Å². The summed E-state index contributed by atoms with van der Waals surface area (Å²) in [7, 11) is 0. The fraction of sp³-hybridized carbons (Fsp3) is 0.444. The number of rotatable bonds is 13. The molecule has 0 saturated heterocycles. The molecular weight excluding hydrogens is 456 g/mol.